The summed E-state index contributed by atoms with van der Waals surface area (Å²) in [6.45, 7) is 0.189. The Morgan fingerprint density at radius 3 is 2.59 bits per heavy atom. The van der Waals surface area contributed by atoms with Crippen LogP contribution in [0.1, 0.15) is 31.2 Å². The molecule has 1 amide bonds. The molecule has 1 aromatic rings. The zero-order valence-electron chi connectivity index (χ0n) is 12.6. The van der Waals surface area contributed by atoms with Crippen LogP contribution < -0.4 is 10.8 Å². The highest BCUT2D eigenvalue weighted by atomic mass is 16.7. The van der Waals surface area contributed by atoms with Crippen molar-refractivity contribution in [2.45, 2.75) is 50.4 Å². The van der Waals surface area contributed by atoms with E-state index in [1.807, 2.05) is 30.3 Å². The van der Waals surface area contributed by atoms with Crippen molar-refractivity contribution >= 4 is 6.09 Å². The van der Waals surface area contributed by atoms with Crippen molar-refractivity contribution in [1.82, 2.24) is 10.8 Å². The van der Waals surface area contributed by atoms with Crippen LogP contribution in [0.3, 0.4) is 0 Å². The lowest BCUT2D eigenvalue weighted by atomic mass is 10.0. The molecule has 6 heteroatoms. The predicted octanol–water partition coefficient (Wildman–Crippen LogP) is 1.69. The number of hydrogen-bond acceptors (Lipinski definition) is 4. The van der Waals surface area contributed by atoms with Crippen molar-refractivity contribution in [1.29, 1.82) is 0 Å². The first-order valence-electron chi connectivity index (χ1n) is 7.75. The molecule has 6 nitrogen and oxygen atoms in total. The number of aliphatic hydroxyl groups excluding tert-OH is 1. The van der Waals surface area contributed by atoms with Crippen LogP contribution in [0, 0.1) is 0 Å². The summed E-state index contributed by atoms with van der Waals surface area (Å²) < 4.78 is 0. The van der Waals surface area contributed by atoms with Gasteiger partial charge in [0.05, 0.1) is 18.2 Å². The molecule has 1 aliphatic rings. The Bertz CT molecular complexity index is 449. The van der Waals surface area contributed by atoms with E-state index in [0.717, 1.165) is 18.4 Å². The molecule has 2 atom stereocenters. The fourth-order valence-electron chi connectivity index (χ4n) is 2.71. The number of hydrogen-bond donors (Lipinski definition) is 4. The number of hydroxylamine groups is 1. The lowest BCUT2D eigenvalue weighted by Crippen LogP contribution is -2.48. The van der Waals surface area contributed by atoms with Gasteiger partial charge >= 0.3 is 6.09 Å². The number of rotatable bonds is 8. The minimum Gasteiger partial charge on any atom is -0.465 e. The molecule has 0 spiro atoms. The summed E-state index contributed by atoms with van der Waals surface area (Å²) in [6, 6.07) is 8.91. The van der Waals surface area contributed by atoms with Crippen molar-refractivity contribution < 1.29 is 19.8 Å². The van der Waals surface area contributed by atoms with E-state index < -0.39 is 18.2 Å². The summed E-state index contributed by atoms with van der Waals surface area (Å²) in [4.78, 5) is 16.4. The molecule has 1 fully saturated rings. The topological polar surface area (TPSA) is 90.8 Å². The number of amides is 1. The molecule has 0 saturated heterocycles. The average Bonchev–Trinajstić information content (AvgIpc) is 3.00. The lowest BCUT2D eigenvalue weighted by Gasteiger charge is -2.24. The van der Waals surface area contributed by atoms with Crippen molar-refractivity contribution in [2.75, 3.05) is 6.54 Å². The summed E-state index contributed by atoms with van der Waals surface area (Å²) >= 11 is 0. The van der Waals surface area contributed by atoms with Crippen molar-refractivity contribution in [2.24, 2.45) is 0 Å². The van der Waals surface area contributed by atoms with Gasteiger partial charge in [0, 0.05) is 6.54 Å². The molecule has 0 radical (unpaired) electrons. The van der Waals surface area contributed by atoms with Gasteiger partial charge in [-0.3, -0.25) is 4.84 Å². The van der Waals surface area contributed by atoms with Crippen molar-refractivity contribution in [3.8, 4) is 0 Å². The molecule has 122 valence electrons. The van der Waals surface area contributed by atoms with Gasteiger partial charge in [-0.15, -0.1) is 0 Å². The molecule has 0 heterocycles. The van der Waals surface area contributed by atoms with E-state index in [-0.39, 0.29) is 12.6 Å². The molecule has 1 saturated carbocycles. The summed E-state index contributed by atoms with van der Waals surface area (Å²) in [7, 11) is 0. The Hall–Kier alpha value is -1.63. The van der Waals surface area contributed by atoms with Gasteiger partial charge in [-0.25, -0.2) is 4.79 Å². The van der Waals surface area contributed by atoms with Crippen LogP contribution in [0.2, 0.25) is 0 Å². The molecular weight excluding hydrogens is 284 g/mol. The molecule has 0 bridgehead atoms. The molecule has 0 aliphatic heterocycles. The third-order valence-electron chi connectivity index (χ3n) is 3.92. The van der Waals surface area contributed by atoms with Crippen LogP contribution in [0.15, 0.2) is 30.3 Å². The smallest absolute Gasteiger partial charge is 0.404 e. The second kappa shape index (κ2) is 8.73. The van der Waals surface area contributed by atoms with Crippen LogP contribution >= 0.6 is 0 Å². The molecule has 1 aromatic carbocycles. The van der Waals surface area contributed by atoms with Crippen LogP contribution in [0.5, 0.6) is 0 Å². The van der Waals surface area contributed by atoms with Crippen molar-refractivity contribution in [3.05, 3.63) is 35.9 Å². The molecule has 22 heavy (non-hydrogen) atoms. The predicted molar refractivity (Wildman–Crippen MR) is 82.4 cm³/mol. The average molecular weight is 308 g/mol. The molecule has 0 unspecified atom stereocenters. The van der Waals surface area contributed by atoms with Gasteiger partial charge < -0.3 is 15.5 Å². The van der Waals surface area contributed by atoms with E-state index in [1.54, 1.807) is 0 Å². The molecular formula is C16H24N2O4. The van der Waals surface area contributed by atoms with Crippen LogP contribution in [0.25, 0.3) is 0 Å². The Labute approximate surface area is 130 Å². The number of nitrogens with one attached hydrogen (secondary N) is 2. The van der Waals surface area contributed by atoms with Gasteiger partial charge in [-0.05, 0) is 24.8 Å². The van der Waals surface area contributed by atoms with Crippen LogP contribution in [-0.2, 0) is 11.3 Å². The molecule has 4 N–H and O–H groups in total. The van der Waals surface area contributed by atoms with Crippen molar-refractivity contribution in [3.63, 3.8) is 0 Å². The van der Waals surface area contributed by atoms with Gasteiger partial charge in [-0.1, -0.05) is 43.2 Å². The summed E-state index contributed by atoms with van der Waals surface area (Å²) in [6.07, 6.45) is 3.03. The minimum atomic E-state index is -1.14. The van der Waals surface area contributed by atoms with Gasteiger partial charge in [0.2, 0.25) is 0 Å². The highest BCUT2D eigenvalue weighted by Gasteiger charge is 2.22. The third-order valence-corrected chi connectivity index (χ3v) is 3.92. The monoisotopic (exact) mass is 308 g/mol. The maximum atomic E-state index is 10.9. The number of carboxylic acid groups (broad SMARTS) is 1. The highest BCUT2D eigenvalue weighted by Crippen LogP contribution is 2.19. The largest absolute Gasteiger partial charge is 0.465 e. The normalized spacial score (nSPS) is 18.0. The number of carbonyl (C=O) groups is 1. The SMILES string of the molecule is O=C(O)N[C@@H](Cc1ccccc1)[C@H](O)CNOC1CCCC1. The second-order valence-electron chi connectivity index (χ2n) is 5.69. The van der Waals surface area contributed by atoms with Gasteiger partial charge in [0.1, 0.15) is 0 Å². The van der Waals surface area contributed by atoms with Crippen LogP contribution in [-0.4, -0.2) is 41.1 Å². The molecule has 2 rings (SSSR count). The van der Waals surface area contributed by atoms with Gasteiger partial charge in [0.25, 0.3) is 0 Å². The second-order valence-corrected chi connectivity index (χ2v) is 5.69. The number of benzene rings is 1. The third kappa shape index (κ3) is 5.63. The minimum absolute atomic E-state index is 0.189. The summed E-state index contributed by atoms with van der Waals surface area (Å²) in [5, 5.41) is 21.5. The van der Waals surface area contributed by atoms with E-state index in [9.17, 15) is 9.90 Å². The first-order chi connectivity index (χ1) is 10.6. The fraction of sp³-hybridized carbons (Fsp3) is 0.562. The standard InChI is InChI=1S/C16H24N2O4/c19-15(11-17-22-13-8-4-5-9-13)14(18-16(20)21)10-12-6-2-1-3-7-12/h1-3,6-7,13-15,17-19H,4-5,8-11H2,(H,20,21)/t14-,15+/m0/s1. The maximum absolute atomic E-state index is 10.9. The quantitative estimate of drug-likeness (QED) is 0.549. The maximum Gasteiger partial charge on any atom is 0.404 e. The van der Waals surface area contributed by atoms with Gasteiger partial charge in [-0.2, -0.15) is 5.48 Å². The first kappa shape index (κ1) is 16.7. The van der Waals surface area contributed by atoms with E-state index in [2.05, 4.69) is 10.8 Å². The van der Waals surface area contributed by atoms with E-state index in [0.29, 0.717) is 6.42 Å². The Balaban J connectivity index is 1.82. The lowest BCUT2D eigenvalue weighted by molar-refractivity contribution is -0.0410. The van der Waals surface area contributed by atoms with Crippen LogP contribution in [0.4, 0.5) is 4.79 Å². The zero-order valence-corrected chi connectivity index (χ0v) is 12.6. The Morgan fingerprint density at radius 2 is 1.95 bits per heavy atom. The first-order valence-corrected chi connectivity index (χ1v) is 7.75. The van der Waals surface area contributed by atoms with E-state index >= 15 is 0 Å². The molecule has 0 aromatic heterocycles. The Morgan fingerprint density at radius 1 is 1.27 bits per heavy atom. The van der Waals surface area contributed by atoms with E-state index in [4.69, 9.17) is 9.94 Å². The van der Waals surface area contributed by atoms with E-state index in [1.165, 1.54) is 12.8 Å². The summed E-state index contributed by atoms with van der Waals surface area (Å²) in [5.41, 5.74) is 3.75. The molecule has 1 aliphatic carbocycles. The summed E-state index contributed by atoms with van der Waals surface area (Å²) in [5.74, 6) is 0. The highest BCUT2D eigenvalue weighted by molar-refractivity contribution is 5.65. The fourth-order valence-corrected chi connectivity index (χ4v) is 2.71. The van der Waals surface area contributed by atoms with Gasteiger partial charge in [0.15, 0.2) is 0 Å². The zero-order chi connectivity index (χ0) is 15.8. The number of aliphatic hydroxyl groups is 1. The Kier molecular flexibility index (Phi) is 6.64.